The first-order valence-corrected chi connectivity index (χ1v) is 11.7. The van der Waals surface area contributed by atoms with Crippen molar-refractivity contribution in [1.82, 2.24) is 0 Å². The Hall–Kier alpha value is -1.75. The van der Waals surface area contributed by atoms with Crippen molar-refractivity contribution in [3.05, 3.63) is 60.7 Å². The van der Waals surface area contributed by atoms with Crippen LogP contribution in [0, 0.1) is 5.92 Å². The Bertz CT molecular complexity index is 713. The first-order chi connectivity index (χ1) is 12.8. The van der Waals surface area contributed by atoms with E-state index in [4.69, 9.17) is 4.43 Å². The second kappa shape index (κ2) is 8.09. The van der Waals surface area contributed by atoms with E-state index >= 15 is 0 Å². The molecule has 0 heterocycles. The van der Waals surface area contributed by atoms with Gasteiger partial charge >= 0.3 is 0 Å². The van der Waals surface area contributed by atoms with Gasteiger partial charge in [0, 0.05) is 25.4 Å². The smallest absolute Gasteiger partial charge is 0.261 e. The molecule has 1 saturated carbocycles. The van der Waals surface area contributed by atoms with Crippen LogP contribution in [0.1, 0.15) is 40.0 Å². The van der Waals surface area contributed by atoms with Crippen LogP contribution in [0.5, 0.6) is 0 Å². The number of hydrogen-bond acceptors (Lipinski definition) is 3. The van der Waals surface area contributed by atoms with E-state index in [1.165, 1.54) is 10.4 Å². The van der Waals surface area contributed by atoms with Gasteiger partial charge < -0.3 is 9.53 Å². The molecule has 0 bridgehead atoms. The van der Waals surface area contributed by atoms with Gasteiger partial charge in [0.2, 0.25) is 0 Å². The summed E-state index contributed by atoms with van der Waals surface area (Å²) in [6, 6.07) is 20.9. The van der Waals surface area contributed by atoms with Crippen LogP contribution < -0.4 is 10.4 Å². The molecule has 2 atom stereocenters. The molecule has 3 rings (SSSR count). The average molecular weight is 383 g/mol. The van der Waals surface area contributed by atoms with E-state index < -0.39 is 14.4 Å². The number of benzene rings is 2. The molecule has 1 N–H and O–H groups in total. The molecule has 0 aromatic heterocycles. The minimum absolute atomic E-state index is 0.0979. The van der Waals surface area contributed by atoms with Crippen LogP contribution in [0.4, 0.5) is 0 Å². The van der Waals surface area contributed by atoms with E-state index in [1.54, 1.807) is 0 Å². The maximum Gasteiger partial charge on any atom is 0.261 e. The van der Waals surface area contributed by atoms with Crippen LogP contribution in [0.25, 0.3) is 0 Å². The van der Waals surface area contributed by atoms with Crippen LogP contribution in [-0.2, 0) is 9.22 Å². The third kappa shape index (κ3) is 4.08. The van der Waals surface area contributed by atoms with Crippen molar-refractivity contribution in [3.63, 3.8) is 0 Å². The first-order valence-electron chi connectivity index (χ1n) is 9.79. The van der Waals surface area contributed by atoms with Crippen molar-refractivity contribution in [2.24, 2.45) is 5.92 Å². The highest BCUT2D eigenvalue weighted by Crippen LogP contribution is 2.37. The van der Waals surface area contributed by atoms with Gasteiger partial charge in [0.05, 0.1) is 6.10 Å². The maximum atomic E-state index is 11.9. The van der Waals surface area contributed by atoms with Crippen LogP contribution >= 0.6 is 0 Å². The Kier molecular flexibility index (Phi) is 5.99. The molecular weight excluding hydrogens is 352 g/mol. The molecule has 0 spiro atoms. The van der Waals surface area contributed by atoms with Crippen molar-refractivity contribution >= 4 is 24.5 Å². The summed E-state index contributed by atoms with van der Waals surface area (Å²) in [5.41, 5.74) is 0. The Morgan fingerprint density at radius 3 is 2.00 bits per heavy atom. The normalized spacial score (nSPS) is 21.3. The van der Waals surface area contributed by atoms with Gasteiger partial charge in [-0.15, -0.1) is 0 Å². The number of aliphatic hydroxyl groups is 1. The van der Waals surface area contributed by atoms with Crippen molar-refractivity contribution < 1.29 is 14.3 Å². The lowest BCUT2D eigenvalue weighted by Gasteiger charge is -2.44. The fourth-order valence-corrected chi connectivity index (χ4v) is 8.86. The molecule has 0 amide bonds. The van der Waals surface area contributed by atoms with Crippen LogP contribution in [0.2, 0.25) is 5.04 Å². The van der Waals surface area contributed by atoms with Crippen LogP contribution in [-0.4, -0.2) is 31.9 Å². The molecule has 27 heavy (non-hydrogen) atoms. The zero-order valence-corrected chi connectivity index (χ0v) is 17.5. The molecule has 144 valence electrons. The molecule has 0 aliphatic heterocycles. The Morgan fingerprint density at radius 2 is 1.52 bits per heavy atom. The van der Waals surface area contributed by atoms with Gasteiger partial charge in [-0.1, -0.05) is 81.4 Å². The standard InChI is InChI=1S/C23H30O3Si/c1-23(2,3)27(20-10-6-4-7-11-20,21-12-8-5-9-13-21)26-17-18-16-19(24)14-15-22(18)25/h4-13,18,22,25H,14-17H2,1-3H3/t18-,22-/m0/s1. The molecule has 1 aliphatic rings. The number of carbonyl (C=O) groups is 1. The number of carbonyl (C=O) groups excluding carboxylic acids is 1. The second-order valence-electron chi connectivity index (χ2n) is 8.58. The number of rotatable bonds is 5. The van der Waals surface area contributed by atoms with E-state index in [2.05, 4.69) is 69.3 Å². The summed E-state index contributed by atoms with van der Waals surface area (Å²) in [6.45, 7) is 7.13. The van der Waals surface area contributed by atoms with E-state index in [0.29, 0.717) is 25.9 Å². The molecular formula is C23H30O3Si. The van der Waals surface area contributed by atoms with Gasteiger partial charge in [0.15, 0.2) is 0 Å². The lowest BCUT2D eigenvalue weighted by Crippen LogP contribution is -2.67. The minimum Gasteiger partial charge on any atom is -0.407 e. The second-order valence-corrected chi connectivity index (χ2v) is 12.9. The van der Waals surface area contributed by atoms with E-state index in [-0.39, 0.29) is 16.7 Å². The number of hydrogen-bond donors (Lipinski definition) is 1. The number of ketones is 1. The Balaban J connectivity index is 2.03. The Labute approximate surface area is 163 Å². The molecule has 0 radical (unpaired) electrons. The topological polar surface area (TPSA) is 46.5 Å². The molecule has 0 unspecified atom stereocenters. The summed E-state index contributed by atoms with van der Waals surface area (Å²) in [7, 11) is -2.61. The molecule has 4 heteroatoms. The largest absolute Gasteiger partial charge is 0.407 e. The van der Waals surface area contributed by atoms with Gasteiger partial charge in [0.1, 0.15) is 5.78 Å². The zero-order valence-electron chi connectivity index (χ0n) is 16.5. The van der Waals surface area contributed by atoms with Crippen LogP contribution in [0.15, 0.2) is 60.7 Å². The average Bonchev–Trinajstić information content (AvgIpc) is 2.65. The summed E-state index contributed by atoms with van der Waals surface area (Å²) in [5, 5.41) is 12.8. The SMILES string of the molecule is CC(C)(C)[Si](OC[C@@H]1CC(=O)CC[C@@H]1O)(c1ccccc1)c1ccccc1. The zero-order chi connectivity index (χ0) is 19.5. The summed E-state index contributed by atoms with van der Waals surface area (Å²) < 4.78 is 6.85. The van der Waals surface area contributed by atoms with E-state index in [1.807, 2.05) is 12.1 Å². The highest BCUT2D eigenvalue weighted by atomic mass is 28.4. The predicted molar refractivity (Wildman–Crippen MR) is 112 cm³/mol. The molecule has 1 fully saturated rings. The third-order valence-corrected chi connectivity index (χ3v) is 10.7. The first kappa shape index (κ1) is 20.0. The fourth-order valence-electron chi connectivity index (χ4n) is 4.24. The molecule has 3 nitrogen and oxygen atoms in total. The monoisotopic (exact) mass is 382 g/mol. The lowest BCUT2D eigenvalue weighted by molar-refractivity contribution is -0.125. The van der Waals surface area contributed by atoms with Crippen LogP contribution in [0.3, 0.4) is 0 Å². The third-order valence-electron chi connectivity index (χ3n) is 5.68. The van der Waals surface area contributed by atoms with Gasteiger partial charge in [-0.05, 0) is 21.8 Å². The van der Waals surface area contributed by atoms with Gasteiger partial charge in [-0.2, -0.15) is 0 Å². The van der Waals surface area contributed by atoms with Crippen molar-refractivity contribution in [3.8, 4) is 0 Å². The number of Topliss-reactive ketones (excluding diaryl/α,β-unsaturated/α-hetero) is 1. The molecule has 1 aliphatic carbocycles. The molecule has 0 saturated heterocycles. The molecule has 2 aromatic carbocycles. The highest BCUT2D eigenvalue weighted by Gasteiger charge is 2.50. The van der Waals surface area contributed by atoms with Crippen molar-refractivity contribution in [1.29, 1.82) is 0 Å². The lowest BCUT2D eigenvalue weighted by atomic mass is 9.86. The maximum absolute atomic E-state index is 11.9. The minimum atomic E-state index is -2.61. The summed E-state index contributed by atoms with van der Waals surface area (Å²) >= 11 is 0. The quantitative estimate of drug-likeness (QED) is 0.807. The van der Waals surface area contributed by atoms with Crippen molar-refractivity contribution in [2.75, 3.05) is 6.61 Å². The summed E-state index contributed by atoms with van der Waals surface area (Å²) in [5.74, 6) is 0.115. The van der Waals surface area contributed by atoms with Gasteiger partial charge in [0.25, 0.3) is 8.32 Å². The van der Waals surface area contributed by atoms with E-state index in [0.717, 1.165) is 0 Å². The van der Waals surface area contributed by atoms with Gasteiger partial charge in [-0.25, -0.2) is 0 Å². The predicted octanol–water partition coefficient (Wildman–Crippen LogP) is 3.29. The molecule has 2 aromatic rings. The fraction of sp³-hybridized carbons (Fsp3) is 0.435. The van der Waals surface area contributed by atoms with Crippen molar-refractivity contribution in [2.45, 2.75) is 51.2 Å². The summed E-state index contributed by atoms with van der Waals surface area (Å²) in [4.78, 5) is 11.9. The van der Waals surface area contributed by atoms with Gasteiger partial charge in [-0.3, -0.25) is 4.79 Å². The van der Waals surface area contributed by atoms with E-state index in [9.17, 15) is 9.90 Å². The number of aliphatic hydroxyl groups excluding tert-OH is 1. The summed E-state index contributed by atoms with van der Waals surface area (Å²) in [6.07, 6.45) is 0.991. The highest BCUT2D eigenvalue weighted by molar-refractivity contribution is 6.99. The Morgan fingerprint density at radius 1 is 1.00 bits per heavy atom.